The molecule has 2 rings (SSSR count). The molecule has 0 saturated heterocycles. The number of imidazole rings is 1. The molecule has 20 heavy (non-hydrogen) atoms. The Morgan fingerprint density at radius 2 is 2.15 bits per heavy atom. The Labute approximate surface area is 122 Å². The van der Waals surface area contributed by atoms with Crippen molar-refractivity contribution in [1.29, 1.82) is 0 Å². The zero-order valence-electron chi connectivity index (χ0n) is 12.0. The molecule has 0 spiro atoms. The molecule has 1 aromatic carbocycles. The van der Waals surface area contributed by atoms with Crippen molar-refractivity contribution in [2.75, 3.05) is 18.8 Å². The summed E-state index contributed by atoms with van der Waals surface area (Å²) < 4.78 is 0. The third-order valence-electron chi connectivity index (χ3n) is 3.20. The van der Waals surface area contributed by atoms with Crippen LogP contribution in [0.2, 0.25) is 0 Å². The number of nitrogens with two attached hydrogens (primary N) is 1. The van der Waals surface area contributed by atoms with Crippen LogP contribution in [0.15, 0.2) is 23.4 Å². The molecule has 0 fully saturated rings. The van der Waals surface area contributed by atoms with Gasteiger partial charge in [0, 0.05) is 18.8 Å². The van der Waals surface area contributed by atoms with E-state index < -0.39 is 0 Å². The molecule has 1 heterocycles. The molecule has 0 aliphatic rings. The number of hydrogen-bond acceptors (Lipinski definition) is 4. The fourth-order valence-corrected chi connectivity index (χ4v) is 2.97. The van der Waals surface area contributed by atoms with E-state index in [1.807, 2.05) is 43.9 Å². The molecule has 108 valence electrons. The largest absolute Gasteiger partial charge is 0.399 e. The van der Waals surface area contributed by atoms with Gasteiger partial charge < -0.3 is 15.6 Å². The van der Waals surface area contributed by atoms with Crippen LogP contribution in [0.3, 0.4) is 0 Å². The molecular formula is C14H20N4OS. The number of nitrogens with zero attached hydrogens (tertiary/aromatic N) is 2. The zero-order chi connectivity index (χ0) is 14.7. The van der Waals surface area contributed by atoms with Crippen molar-refractivity contribution in [3.05, 3.63) is 18.2 Å². The summed E-state index contributed by atoms with van der Waals surface area (Å²) in [6.45, 7) is 7.35. The number of carbonyl (C=O) groups excluding carboxylic acids is 1. The second kappa shape index (κ2) is 6.17. The molecule has 3 N–H and O–H groups in total. The number of thioether (sulfide) groups is 1. The fourth-order valence-electron chi connectivity index (χ4n) is 2.07. The first-order chi connectivity index (χ1) is 9.55. The van der Waals surface area contributed by atoms with E-state index in [2.05, 4.69) is 9.97 Å². The quantitative estimate of drug-likeness (QED) is 0.656. The smallest absolute Gasteiger partial charge is 0.235 e. The van der Waals surface area contributed by atoms with Gasteiger partial charge in [-0.2, -0.15) is 0 Å². The molecule has 0 aliphatic carbocycles. The van der Waals surface area contributed by atoms with E-state index in [-0.39, 0.29) is 11.2 Å². The van der Waals surface area contributed by atoms with Gasteiger partial charge in [0.2, 0.25) is 5.91 Å². The monoisotopic (exact) mass is 292 g/mol. The lowest BCUT2D eigenvalue weighted by atomic mass is 10.3. The maximum absolute atomic E-state index is 12.2. The van der Waals surface area contributed by atoms with Gasteiger partial charge in [0.25, 0.3) is 0 Å². The molecule has 0 aliphatic heterocycles. The Morgan fingerprint density at radius 3 is 2.80 bits per heavy atom. The van der Waals surface area contributed by atoms with Gasteiger partial charge in [-0.25, -0.2) is 4.98 Å². The second-order valence-corrected chi connectivity index (χ2v) is 5.92. The molecule has 1 aromatic heterocycles. The number of rotatable bonds is 5. The van der Waals surface area contributed by atoms with E-state index in [1.54, 1.807) is 0 Å². The topological polar surface area (TPSA) is 75.0 Å². The highest BCUT2D eigenvalue weighted by Gasteiger charge is 2.20. The third kappa shape index (κ3) is 3.07. The first kappa shape index (κ1) is 14.7. The molecule has 0 saturated carbocycles. The van der Waals surface area contributed by atoms with Crippen LogP contribution >= 0.6 is 11.8 Å². The number of benzene rings is 1. The minimum absolute atomic E-state index is 0.139. The lowest BCUT2D eigenvalue weighted by Crippen LogP contribution is -2.36. The number of aromatic amines is 1. The third-order valence-corrected chi connectivity index (χ3v) is 4.17. The lowest BCUT2D eigenvalue weighted by molar-refractivity contribution is -0.129. The van der Waals surface area contributed by atoms with Crippen LogP contribution < -0.4 is 5.73 Å². The summed E-state index contributed by atoms with van der Waals surface area (Å²) in [5.41, 5.74) is 8.21. The van der Waals surface area contributed by atoms with Crippen LogP contribution in [-0.2, 0) is 4.79 Å². The van der Waals surface area contributed by atoms with Gasteiger partial charge in [0.1, 0.15) is 0 Å². The normalized spacial score (nSPS) is 12.6. The van der Waals surface area contributed by atoms with Crippen LogP contribution in [0.4, 0.5) is 5.69 Å². The maximum Gasteiger partial charge on any atom is 0.235 e. The summed E-state index contributed by atoms with van der Waals surface area (Å²) in [7, 11) is 0. The Bertz CT molecular complexity index is 606. The standard InChI is InChI=1S/C14H20N4OS/c1-4-18(5-2)13(19)9(3)20-14-16-11-7-6-10(15)8-12(11)17-14/h6-9H,4-5,15H2,1-3H3,(H,16,17). The minimum atomic E-state index is -0.159. The molecule has 5 nitrogen and oxygen atoms in total. The second-order valence-electron chi connectivity index (χ2n) is 4.59. The molecule has 1 unspecified atom stereocenters. The van der Waals surface area contributed by atoms with Crippen molar-refractivity contribution in [2.45, 2.75) is 31.2 Å². The maximum atomic E-state index is 12.2. The van der Waals surface area contributed by atoms with Gasteiger partial charge in [0.05, 0.1) is 16.3 Å². The van der Waals surface area contributed by atoms with E-state index in [0.29, 0.717) is 5.69 Å². The van der Waals surface area contributed by atoms with Crippen LogP contribution in [0, 0.1) is 0 Å². The lowest BCUT2D eigenvalue weighted by Gasteiger charge is -2.21. The van der Waals surface area contributed by atoms with Crippen molar-refractivity contribution in [2.24, 2.45) is 0 Å². The summed E-state index contributed by atoms with van der Waals surface area (Å²) in [6.07, 6.45) is 0. The Hall–Kier alpha value is -1.69. The van der Waals surface area contributed by atoms with Crippen LogP contribution in [0.5, 0.6) is 0 Å². The number of hydrogen-bond donors (Lipinski definition) is 2. The van der Waals surface area contributed by atoms with Crippen molar-refractivity contribution in [1.82, 2.24) is 14.9 Å². The van der Waals surface area contributed by atoms with Gasteiger partial charge in [-0.1, -0.05) is 11.8 Å². The average Bonchev–Trinajstić information content (AvgIpc) is 2.81. The minimum Gasteiger partial charge on any atom is -0.399 e. The fraction of sp³-hybridized carbons (Fsp3) is 0.429. The number of anilines is 1. The van der Waals surface area contributed by atoms with Crippen molar-refractivity contribution in [3.8, 4) is 0 Å². The summed E-state index contributed by atoms with van der Waals surface area (Å²) in [6, 6.07) is 5.55. The highest BCUT2D eigenvalue weighted by Crippen LogP contribution is 2.25. The van der Waals surface area contributed by atoms with E-state index in [1.165, 1.54) is 11.8 Å². The van der Waals surface area contributed by atoms with Crippen molar-refractivity contribution < 1.29 is 4.79 Å². The average molecular weight is 292 g/mol. The summed E-state index contributed by atoms with van der Waals surface area (Å²) in [5, 5.41) is 0.589. The molecule has 0 bridgehead atoms. The van der Waals surface area contributed by atoms with E-state index >= 15 is 0 Å². The van der Waals surface area contributed by atoms with Gasteiger partial charge >= 0.3 is 0 Å². The number of fused-ring (bicyclic) bond motifs is 1. The van der Waals surface area contributed by atoms with Gasteiger partial charge in [0.15, 0.2) is 5.16 Å². The Kier molecular flexibility index (Phi) is 4.54. The van der Waals surface area contributed by atoms with Crippen molar-refractivity contribution in [3.63, 3.8) is 0 Å². The first-order valence-electron chi connectivity index (χ1n) is 6.75. The van der Waals surface area contributed by atoms with E-state index in [4.69, 9.17) is 5.73 Å². The number of carbonyl (C=O) groups is 1. The molecule has 2 aromatic rings. The summed E-state index contributed by atoms with van der Waals surface area (Å²) in [5.74, 6) is 0.139. The highest BCUT2D eigenvalue weighted by atomic mass is 32.2. The van der Waals surface area contributed by atoms with E-state index in [0.717, 1.165) is 29.3 Å². The van der Waals surface area contributed by atoms with E-state index in [9.17, 15) is 4.79 Å². The number of nitrogen functional groups attached to an aromatic ring is 1. The Balaban J connectivity index is 2.13. The van der Waals surface area contributed by atoms with Crippen LogP contribution in [0.1, 0.15) is 20.8 Å². The molecule has 1 atom stereocenters. The molecule has 0 radical (unpaired) electrons. The first-order valence-corrected chi connectivity index (χ1v) is 7.63. The summed E-state index contributed by atoms with van der Waals surface area (Å²) >= 11 is 1.44. The highest BCUT2D eigenvalue weighted by molar-refractivity contribution is 8.00. The van der Waals surface area contributed by atoms with Crippen LogP contribution in [0.25, 0.3) is 11.0 Å². The summed E-state index contributed by atoms with van der Waals surface area (Å²) in [4.78, 5) is 21.7. The van der Waals surface area contributed by atoms with Gasteiger partial charge in [-0.05, 0) is 39.0 Å². The number of amides is 1. The SMILES string of the molecule is CCN(CC)C(=O)C(C)Sc1nc2ccc(N)cc2[nH]1. The van der Waals surface area contributed by atoms with Gasteiger partial charge in [-0.3, -0.25) is 4.79 Å². The number of aromatic nitrogens is 2. The van der Waals surface area contributed by atoms with Crippen molar-refractivity contribution >= 4 is 34.4 Å². The predicted octanol–water partition coefficient (Wildman–Crippen LogP) is 2.49. The predicted molar refractivity (Wildman–Crippen MR) is 83.8 cm³/mol. The molecule has 6 heteroatoms. The number of nitrogens with one attached hydrogen (secondary N) is 1. The zero-order valence-corrected chi connectivity index (χ0v) is 12.8. The Morgan fingerprint density at radius 1 is 1.45 bits per heavy atom. The molecule has 1 amide bonds. The molecular weight excluding hydrogens is 272 g/mol. The number of H-pyrrole nitrogens is 1. The van der Waals surface area contributed by atoms with Crippen LogP contribution in [-0.4, -0.2) is 39.1 Å². The van der Waals surface area contributed by atoms with Gasteiger partial charge in [-0.15, -0.1) is 0 Å².